The second kappa shape index (κ2) is 7.70. The molecular formula is C19H21BrN2O2S. The summed E-state index contributed by atoms with van der Waals surface area (Å²) in [5.41, 5.74) is 1.97. The van der Waals surface area contributed by atoms with Crippen molar-refractivity contribution in [2.45, 2.75) is 39.2 Å². The van der Waals surface area contributed by atoms with Crippen LogP contribution in [0.5, 0.6) is 0 Å². The largest absolute Gasteiger partial charge is 0.345 e. The van der Waals surface area contributed by atoms with Gasteiger partial charge in [0.05, 0.1) is 15.9 Å². The fourth-order valence-corrected chi connectivity index (χ4v) is 3.92. The molecule has 0 bridgehead atoms. The lowest BCUT2D eigenvalue weighted by atomic mass is 10.0. The van der Waals surface area contributed by atoms with Crippen LogP contribution in [0, 0.1) is 12.8 Å². The quantitative estimate of drug-likeness (QED) is 0.686. The van der Waals surface area contributed by atoms with Gasteiger partial charge in [-0.25, -0.2) is 0 Å². The zero-order chi connectivity index (χ0) is 18.0. The normalized spacial score (nSPS) is 14.8. The van der Waals surface area contributed by atoms with Gasteiger partial charge in [0.25, 0.3) is 5.91 Å². The maximum absolute atomic E-state index is 12.7. The van der Waals surface area contributed by atoms with E-state index in [-0.39, 0.29) is 23.8 Å². The van der Waals surface area contributed by atoms with Crippen LogP contribution in [0.4, 0.5) is 5.00 Å². The number of hydrogen-bond acceptors (Lipinski definition) is 3. The van der Waals surface area contributed by atoms with Crippen molar-refractivity contribution in [3.63, 3.8) is 0 Å². The number of rotatable bonds is 6. The smallest absolute Gasteiger partial charge is 0.262 e. The van der Waals surface area contributed by atoms with Crippen molar-refractivity contribution in [2.75, 3.05) is 5.32 Å². The molecule has 1 aliphatic carbocycles. The van der Waals surface area contributed by atoms with Gasteiger partial charge in [0.2, 0.25) is 5.91 Å². The third-order valence-electron chi connectivity index (χ3n) is 4.30. The topological polar surface area (TPSA) is 58.2 Å². The lowest BCUT2D eigenvalue weighted by molar-refractivity contribution is -0.117. The summed E-state index contributed by atoms with van der Waals surface area (Å²) < 4.78 is 1.02. The van der Waals surface area contributed by atoms with E-state index in [2.05, 4.69) is 33.5 Å². The van der Waals surface area contributed by atoms with E-state index in [1.54, 1.807) is 0 Å². The number of hydrogen-bond donors (Lipinski definition) is 2. The summed E-state index contributed by atoms with van der Waals surface area (Å²) in [5, 5.41) is 6.77. The van der Waals surface area contributed by atoms with Gasteiger partial charge in [-0.3, -0.25) is 9.59 Å². The highest BCUT2D eigenvalue weighted by molar-refractivity contribution is 9.10. The number of carbonyl (C=O) groups is 2. The molecule has 1 heterocycles. The van der Waals surface area contributed by atoms with Gasteiger partial charge >= 0.3 is 0 Å². The number of benzene rings is 1. The number of nitrogens with one attached hydrogen (secondary N) is 2. The molecule has 1 atom stereocenters. The Bertz CT molecular complexity index is 781. The molecule has 132 valence electrons. The molecule has 2 N–H and O–H groups in total. The summed E-state index contributed by atoms with van der Waals surface area (Å²) in [6, 6.07) is 9.83. The predicted octanol–water partition coefficient (Wildman–Crippen LogP) is 5.05. The third kappa shape index (κ3) is 4.50. The SMILES string of the molecule is CC[C@@H](NC(=O)c1sc(NC(=O)C2CC2)cc1C)c1ccc(Br)cc1. The Morgan fingerprint density at radius 1 is 1.28 bits per heavy atom. The number of halogens is 1. The van der Waals surface area contributed by atoms with Crippen molar-refractivity contribution in [2.24, 2.45) is 5.92 Å². The molecule has 1 fully saturated rings. The second-order valence-corrected chi connectivity index (χ2v) is 8.34. The first-order chi connectivity index (χ1) is 12.0. The molecule has 1 aromatic heterocycles. The Labute approximate surface area is 160 Å². The molecule has 3 rings (SSSR count). The molecule has 6 heteroatoms. The highest BCUT2D eigenvalue weighted by atomic mass is 79.9. The molecule has 1 aliphatic rings. The van der Waals surface area contributed by atoms with Gasteiger partial charge in [0, 0.05) is 10.4 Å². The lowest BCUT2D eigenvalue weighted by Gasteiger charge is -2.17. The number of amides is 2. The zero-order valence-electron chi connectivity index (χ0n) is 14.3. The molecule has 1 saturated carbocycles. The first kappa shape index (κ1) is 18.1. The van der Waals surface area contributed by atoms with Crippen LogP contribution in [0.3, 0.4) is 0 Å². The van der Waals surface area contributed by atoms with Crippen molar-refractivity contribution in [3.8, 4) is 0 Å². The minimum Gasteiger partial charge on any atom is -0.345 e. The maximum Gasteiger partial charge on any atom is 0.262 e. The van der Waals surface area contributed by atoms with Crippen molar-refractivity contribution >= 4 is 44.1 Å². The van der Waals surface area contributed by atoms with E-state index >= 15 is 0 Å². The molecule has 0 saturated heterocycles. The summed E-state index contributed by atoms with van der Waals surface area (Å²) in [6.07, 6.45) is 2.74. The average Bonchev–Trinajstić information content (AvgIpc) is 3.37. The van der Waals surface area contributed by atoms with Crippen molar-refractivity contribution in [1.82, 2.24) is 5.32 Å². The van der Waals surface area contributed by atoms with Crippen LogP contribution >= 0.6 is 27.3 Å². The first-order valence-electron chi connectivity index (χ1n) is 8.45. The zero-order valence-corrected chi connectivity index (χ0v) is 16.7. The van der Waals surface area contributed by atoms with Crippen LogP contribution in [-0.4, -0.2) is 11.8 Å². The molecule has 0 spiro atoms. The van der Waals surface area contributed by atoms with E-state index < -0.39 is 0 Å². The van der Waals surface area contributed by atoms with Crippen LogP contribution in [0.15, 0.2) is 34.8 Å². The predicted molar refractivity (Wildman–Crippen MR) is 105 cm³/mol. The van der Waals surface area contributed by atoms with Gasteiger partial charge in [0.15, 0.2) is 0 Å². The molecule has 2 amide bonds. The van der Waals surface area contributed by atoms with Gasteiger partial charge in [-0.15, -0.1) is 11.3 Å². The second-order valence-electron chi connectivity index (χ2n) is 6.37. The standard InChI is InChI=1S/C19H21BrN2O2S/c1-3-15(12-6-8-14(20)9-7-12)21-19(24)17-11(2)10-16(25-17)22-18(23)13-4-5-13/h6-10,13,15H,3-5H2,1-2H3,(H,21,24)(H,22,23)/t15-/m1/s1. The maximum atomic E-state index is 12.7. The Morgan fingerprint density at radius 2 is 1.96 bits per heavy atom. The third-order valence-corrected chi connectivity index (χ3v) is 5.98. The minimum atomic E-state index is -0.0933. The highest BCUT2D eigenvalue weighted by Crippen LogP contribution is 2.33. The van der Waals surface area contributed by atoms with E-state index in [9.17, 15) is 9.59 Å². The number of thiophene rings is 1. The molecule has 4 nitrogen and oxygen atoms in total. The van der Waals surface area contributed by atoms with E-state index in [4.69, 9.17) is 0 Å². The Hall–Kier alpha value is -1.66. The van der Waals surface area contributed by atoms with Gasteiger partial charge in [-0.2, -0.15) is 0 Å². The van der Waals surface area contributed by atoms with E-state index in [1.807, 2.05) is 37.3 Å². The Balaban J connectivity index is 1.70. The summed E-state index contributed by atoms with van der Waals surface area (Å²) >= 11 is 4.77. The first-order valence-corrected chi connectivity index (χ1v) is 10.1. The Morgan fingerprint density at radius 3 is 2.56 bits per heavy atom. The van der Waals surface area contributed by atoms with Gasteiger partial charge in [-0.1, -0.05) is 35.0 Å². The molecule has 0 unspecified atom stereocenters. The van der Waals surface area contributed by atoms with Crippen molar-refractivity contribution < 1.29 is 9.59 Å². The molecule has 25 heavy (non-hydrogen) atoms. The molecule has 1 aromatic carbocycles. The van der Waals surface area contributed by atoms with Crippen LogP contribution in [-0.2, 0) is 4.79 Å². The van der Waals surface area contributed by atoms with Crippen LogP contribution in [0.25, 0.3) is 0 Å². The lowest BCUT2D eigenvalue weighted by Crippen LogP contribution is -2.27. The summed E-state index contributed by atoms with van der Waals surface area (Å²) in [6.45, 7) is 3.95. The highest BCUT2D eigenvalue weighted by Gasteiger charge is 2.30. The number of anilines is 1. The molecule has 2 aromatic rings. The molecular weight excluding hydrogens is 400 g/mol. The van der Waals surface area contributed by atoms with Crippen LogP contribution in [0.1, 0.15) is 53.0 Å². The fourth-order valence-electron chi connectivity index (χ4n) is 2.68. The van der Waals surface area contributed by atoms with Crippen molar-refractivity contribution in [1.29, 1.82) is 0 Å². The van der Waals surface area contributed by atoms with E-state index in [0.29, 0.717) is 4.88 Å². The number of aryl methyl sites for hydroxylation is 1. The minimum absolute atomic E-state index is 0.0356. The summed E-state index contributed by atoms with van der Waals surface area (Å²) in [5.74, 6) is 0.125. The fraction of sp³-hybridized carbons (Fsp3) is 0.368. The summed E-state index contributed by atoms with van der Waals surface area (Å²) in [7, 11) is 0. The Kier molecular flexibility index (Phi) is 5.59. The van der Waals surface area contributed by atoms with Gasteiger partial charge in [0.1, 0.15) is 0 Å². The van der Waals surface area contributed by atoms with Gasteiger partial charge in [-0.05, 0) is 55.5 Å². The average molecular weight is 421 g/mol. The van der Waals surface area contributed by atoms with E-state index in [1.165, 1.54) is 11.3 Å². The van der Waals surface area contributed by atoms with Gasteiger partial charge < -0.3 is 10.6 Å². The summed E-state index contributed by atoms with van der Waals surface area (Å²) in [4.78, 5) is 25.2. The number of carbonyl (C=O) groups excluding carboxylic acids is 2. The van der Waals surface area contributed by atoms with Crippen LogP contribution in [0.2, 0.25) is 0 Å². The van der Waals surface area contributed by atoms with E-state index in [0.717, 1.165) is 39.9 Å². The van der Waals surface area contributed by atoms with Crippen molar-refractivity contribution in [3.05, 3.63) is 50.8 Å². The molecule has 0 aliphatic heterocycles. The van der Waals surface area contributed by atoms with Crippen LogP contribution < -0.4 is 10.6 Å². The molecule has 0 radical (unpaired) electrons. The monoisotopic (exact) mass is 420 g/mol.